The third kappa shape index (κ3) is 4.15. The van der Waals surface area contributed by atoms with Crippen molar-refractivity contribution >= 4 is 12.0 Å². The van der Waals surface area contributed by atoms with Crippen LogP contribution in [0.15, 0.2) is 0 Å². The molecule has 1 aliphatic rings. The normalized spacial score (nSPS) is 24.1. The summed E-state index contributed by atoms with van der Waals surface area (Å²) in [5.41, 5.74) is -1.96. The number of aliphatic carboxylic acids is 1. The third-order valence-corrected chi connectivity index (χ3v) is 3.08. The molecule has 1 heterocycles. The summed E-state index contributed by atoms with van der Waals surface area (Å²) >= 11 is 0. The lowest BCUT2D eigenvalue weighted by Crippen LogP contribution is -2.51. The van der Waals surface area contributed by atoms with E-state index in [0.717, 1.165) is 13.3 Å². The molecule has 0 aliphatic carbocycles. The minimum Gasteiger partial charge on any atom is -0.479 e. The van der Waals surface area contributed by atoms with Crippen LogP contribution in [0.1, 0.15) is 20.3 Å². The molecule has 0 bridgehead atoms. The average molecular weight is 260 g/mol. The number of nitrogens with one attached hydrogen (secondary N) is 2. The van der Waals surface area contributed by atoms with Crippen molar-refractivity contribution in [2.45, 2.75) is 31.9 Å². The molecule has 1 fully saturated rings. The standard InChI is InChI=1S/C11H20N2O5/c1-7(8-3-4-18-5-8)13-10(16)12-6-11(2,17)9(14)15/h7-8,17H,3-6H2,1-2H3,(H,14,15)(H2,12,13,16). The van der Waals surface area contributed by atoms with Crippen molar-refractivity contribution in [3.05, 3.63) is 0 Å². The molecule has 0 aromatic heterocycles. The van der Waals surface area contributed by atoms with Crippen LogP contribution in [0.25, 0.3) is 0 Å². The van der Waals surface area contributed by atoms with Gasteiger partial charge >= 0.3 is 12.0 Å². The summed E-state index contributed by atoms with van der Waals surface area (Å²) in [7, 11) is 0. The molecule has 0 aromatic carbocycles. The zero-order chi connectivity index (χ0) is 13.8. The summed E-state index contributed by atoms with van der Waals surface area (Å²) in [6.45, 7) is 3.97. The fourth-order valence-electron chi connectivity index (χ4n) is 1.65. The van der Waals surface area contributed by atoms with E-state index in [0.29, 0.717) is 13.2 Å². The number of rotatable bonds is 5. The van der Waals surface area contributed by atoms with Gasteiger partial charge < -0.3 is 25.6 Å². The van der Waals surface area contributed by atoms with Crippen LogP contribution < -0.4 is 10.6 Å². The van der Waals surface area contributed by atoms with Crippen LogP contribution in [-0.4, -0.2) is 53.6 Å². The van der Waals surface area contributed by atoms with Crippen LogP contribution in [0.5, 0.6) is 0 Å². The summed E-state index contributed by atoms with van der Waals surface area (Å²) in [5.74, 6) is -1.10. The van der Waals surface area contributed by atoms with Crippen molar-refractivity contribution < 1.29 is 24.5 Å². The molecule has 0 spiro atoms. The smallest absolute Gasteiger partial charge is 0.337 e. The SMILES string of the molecule is CC(NC(=O)NCC(C)(O)C(=O)O)C1CCOC1. The second-order valence-corrected chi connectivity index (χ2v) is 4.82. The molecular formula is C11H20N2O5. The second kappa shape index (κ2) is 6.01. The minimum absolute atomic E-state index is 0.0534. The highest BCUT2D eigenvalue weighted by molar-refractivity contribution is 5.79. The molecule has 1 rings (SSSR count). The van der Waals surface area contributed by atoms with E-state index in [2.05, 4.69) is 10.6 Å². The maximum atomic E-state index is 11.5. The molecule has 1 saturated heterocycles. The fourth-order valence-corrected chi connectivity index (χ4v) is 1.65. The molecule has 7 heteroatoms. The van der Waals surface area contributed by atoms with Gasteiger partial charge in [-0.15, -0.1) is 0 Å². The first kappa shape index (κ1) is 14.7. The molecule has 2 amide bonds. The van der Waals surface area contributed by atoms with E-state index in [1.54, 1.807) is 0 Å². The molecule has 0 aromatic rings. The van der Waals surface area contributed by atoms with Crippen molar-refractivity contribution in [3.8, 4) is 0 Å². The number of carbonyl (C=O) groups excluding carboxylic acids is 1. The molecule has 0 radical (unpaired) electrons. The Labute approximate surface area is 106 Å². The lowest BCUT2D eigenvalue weighted by molar-refractivity contribution is -0.155. The number of aliphatic hydroxyl groups is 1. The zero-order valence-electron chi connectivity index (χ0n) is 10.6. The first-order valence-corrected chi connectivity index (χ1v) is 5.91. The second-order valence-electron chi connectivity index (χ2n) is 4.82. The summed E-state index contributed by atoms with van der Waals surface area (Å²) < 4.78 is 5.22. The summed E-state index contributed by atoms with van der Waals surface area (Å²) in [6.07, 6.45) is 0.897. The number of hydrogen-bond donors (Lipinski definition) is 4. The van der Waals surface area contributed by atoms with Crippen molar-refractivity contribution in [1.29, 1.82) is 0 Å². The predicted octanol–water partition coefficient (Wildman–Crippen LogP) is -0.454. The summed E-state index contributed by atoms with van der Waals surface area (Å²) in [5, 5.41) is 23.1. The Hall–Kier alpha value is -1.34. The van der Waals surface area contributed by atoms with Crippen LogP contribution in [0.3, 0.4) is 0 Å². The van der Waals surface area contributed by atoms with Gasteiger partial charge in [0.2, 0.25) is 0 Å². The van der Waals surface area contributed by atoms with Crippen molar-refractivity contribution in [1.82, 2.24) is 10.6 Å². The summed E-state index contributed by atoms with van der Waals surface area (Å²) in [4.78, 5) is 22.1. The van der Waals surface area contributed by atoms with Crippen molar-refractivity contribution in [2.75, 3.05) is 19.8 Å². The van der Waals surface area contributed by atoms with E-state index in [-0.39, 0.29) is 18.5 Å². The fraction of sp³-hybridized carbons (Fsp3) is 0.818. The van der Waals surface area contributed by atoms with E-state index in [9.17, 15) is 14.7 Å². The Kier molecular flexibility index (Phi) is 4.92. The van der Waals surface area contributed by atoms with Crippen molar-refractivity contribution in [2.24, 2.45) is 5.92 Å². The van der Waals surface area contributed by atoms with E-state index in [4.69, 9.17) is 9.84 Å². The highest BCUT2D eigenvalue weighted by atomic mass is 16.5. The number of ether oxygens (including phenoxy) is 1. The van der Waals surface area contributed by atoms with Crippen LogP contribution in [0.4, 0.5) is 4.79 Å². The van der Waals surface area contributed by atoms with E-state index in [1.807, 2.05) is 6.92 Å². The van der Waals surface area contributed by atoms with E-state index >= 15 is 0 Å². The first-order valence-electron chi connectivity index (χ1n) is 5.91. The van der Waals surface area contributed by atoms with Gasteiger partial charge in [-0.25, -0.2) is 9.59 Å². The first-order chi connectivity index (χ1) is 8.33. The molecule has 4 N–H and O–H groups in total. The average Bonchev–Trinajstić information content (AvgIpc) is 2.79. The Morgan fingerprint density at radius 3 is 2.72 bits per heavy atom. The van der Waals surface area contributed by atoms with E-state index < -0.39 is 17.6 Å². The van der Waals surface area contributed by atoms with Crippen LogP contribution >= 0.6 is 0 Å². The maximum absolute atomic E-state index is 11.5. The Bertz CT molecular complexity index is 313. The van der Waals surface area contributed by atoms with Gasteiger partial charge in [-0.05, 0) is 20.3 Å². The third-order valence-electron chi connectivity index (χ3n) is 3.08. The molecule has 3 unspecified atom stereocenters. The quantitative estimate of drug-likeness (QED) is 0.535. The number of amides is 2. The topological polar surface area (TPSA) is 108 Å². The molecule has 18 heavy (non-hydrogen) atoms. The number of urea groups is 1. The Balaban J connectivity index is 2.31. The lowest BCUT2D eigenvalue weighted by Gasteiger charge is -2.22. The van der Waals surface area contributed by atoms with Gasteiger partial charge in [-0.3, -0.25) is 0 Å². The lowest BCUT2D eigenvalue weighted by atomic mass is 10.0. The Morgan fingerprint density at radius 1 is 1.56 bits per heavy atom. The van der Waals surface area contributed by atoms with Crippen LogP contribution in [0.2, 0.25) is 0 Å². The van der Waals surface area contributed by atoms with Gasteiger partial charge in [0.1, 0.15) is 0 Å². The molecule has 7 nitrogen and oxygen atoms in total. The molecular weight excluding hydrogens is 240 g/mol. The van der Waals surface area contributed by atoms with Gasteiger partial charge in [0, 0.05) is 18.6 Å². The van der Waals surface area contributed by atoms with E-state index in [1.165, 1.54) is 0 Å². The van der Waals surface area contributed by atoms with Gasteiger partial charge in [0.05, 0.1) is 13.2 Å². The maximum Gasteiger partial charge on any atom is 0.337 e. The zero-order valence-corrected chi connectivity index (χ0v) is 10.6. The predicted molar refractivity (Wildman–Crippen MR) is 63.2 cm³/mol. The van der Waals surface area contributed by atoms with Gasteiger partial charge in [-0.2, -0.15) is 0 Å². The van der Waals surface area contributed by atoms with Gasteiger partial charge in [0.15, 0.2) is 5.60 Å². The largest absolute Gasteiger partial charge is 0.479 e. The minimum atomic E-state index is -1.96. The van der Waals surface area contributed by atoms with Gasteiger partial charge in [-0.1, -0.05) is 0 Å². The van der Waals surface area contributed by atoms with Crippen LogP contribution in [-0.2, 0) is 9.53 Å². The highest BCUT2D eigenvalue weighted by Gasteiger charge is 2.30. The van der Waals surface area contributed by atoms with Crippen molar-refractivity contribution in [3.63, 3.8) is 0 Å². The Morgan fingerprint density at radius 2 is 2.22 bits per heavy atom. The number of carbonyl (C=O) groups is 2. The van der Waals surface area contributed by atoms with Crippen LogP contribution in [0, 0.1) is 5.92 Å². The number of carboxylic acids is 1. The van der Waals surface area contributed by atoms with Gasteiger partial charge in [0.25, 0.3) is 0 Å². The molecule has 104 valence electrons. The highest BCUT2D eigenvalue weighted by Crippen LogP contribution is 2.16. The summed E-state index contributed by atoms with van der Waals surface area (Å²) in [6, 6.07) is -0.543. The molecule has 1 aliphatic heterocycles. The number of carboxylic acid groups (broad SMARTS) is 1. The monoisotopic (exact) mass is 260 g/mol. The number of hydrogen-bond acceptors (Lipinski definition) is 4. The molecule has 0 saturated carbocycles. The molecule has 3 atom stereocenters.